The Morgan fingerprint density at radius 1 is 1.15 bits per heavy atom. The Morgan fingerprint density at radius 2 is 1.94 bits per heavy atom. The van der Waals surface area contributed by atoms with Crippen LogP contribution in [0.1, 0.15) is 32.3 Å². The van der Waals surface area contributed by atoms with Crippen LogP contribution < -0.4 is 9.64 Å². The molecule has 0 fully saturated rings. The first-order chi connectivity index (χ1) is 15.9. The monoisotopic (exact) mass is 513 g/mol. The van der Waals surface area contributed by atoms with Crippen LogP contribution in [0.25, 0.3) is 22.8 Å². The number of hydrogen-bond donors (Lipinski definition) is 0. The fourth-order valence-electron chi connectivity index (χ4n) is 3.69. The van der Waals surface area contributed by atoms with Crippen molar-refractivity contribution in [3.8, 4) is 28.6 Å². The summed E-state index contributed by atoms with van der Waals surface area (Å²) < 4.78 is 16.7. The second kappa shape index (κ2) is 9.74. The normalized spacial score (nSPS) is 12.7. The maximum Gasteiger partial charge on any atom is 0.306 e. The minimum absolute atomic E-state index is 0.0704. The van der Waals surface area contributed by atoms with E-state index in [2.05, 4.69) is 30.8 Å². The second-order valence-corrected chi connectivity index (χ2v) is 8.80. The lowest BCUT2D eigenvalue weighted by Crippen LogP contribution is -2.29. The van der Waals surface area contributed by atoms with Gasteiger partial charge in [0.05, 0.1) is 24.1 Å². The van der Waals surface area contributed by atoms with Gasteiger partial charge in [-0.1, -0.05) is 5.16 Å². The Morgan fingerprint density at radius 3 is 2.67 bits per heavy atom. The van der Waals surface area contributed by atoms with Crippen LogP contribution in [0.4, 0.5) is 5.69 Å². The van der Waals surface area contributed by atoms with Crippen molar-refractivity contribution in [3.05, 3.63) is 46.4 Å². The SMILES string of the molecule is COC(=O)CCC(=O)N1CCc2cc(-c3noc(-c4ccc(OC(C)C)c(Br)c4)n3)ccc21. The first-order valence-corrected chi connectivity index (χ1v) is 11.5. The number of fused-ring (bicyclic) bond motifs is 1. The van der Waals surface area contributed by atoms with Gasteiger partial charge in [0, 0.05) is 29.8 Å². The average molecular weight is 514 g/mol. The molecule has 0 aliphatic carbocycles. The summed E-state index contributed by atoms with van der Waals surface area (Å²) in [7, 11) is 1.32. The van der Waals surface area contributed by atoms with Crippen LogP contribution >= 0.6 is 15.9 Å². The van der Waals surface area contributed by atoms with E-state index in [4.69, 9.17) is 9.26 Å². The minimum Gasteiger partial charge on any atom is -0.490 e. The summed E-state index contributed by atoms with van der Waals surface area (Å²) in [5, 5.41) is 4.14. The molecular formula is C24H24BrN3O5. The van der Waals surface area contributed by atoms with E-state index in [9.17, 15) is 9.59 Å². The van der Waals surface area contributed by atoms with Gasteiger partial charge in [-0.25, -0.2) is 0 Å². The number of benzene rings is 2. The second-order valence-electron chi connectivity index (χ2n) is 7.95. The topological polar surface area (TPSA) is 94.8 Å². The first kappa shape index (κ1) is 23.0. The molecule has 1 aliphatic heterocycles. The third-order valence-corrected chi connectivity index (χ3v) is 5.89. The molecule has 0 unspecified atom stereocenters. The fourth-order valence-corrected chi connectivity index (χ4v) is 4.16. The number of halogens is 1. The van der Waals surface area contributed by atoms with E-state index in [0.29, 0.717) is 18.3 Å². The Kier molecular flexibility index (Phi) is 6.78. The van der Waals surface area contributed by atoms with Crippen molar-refractivity contribution >= 4 is 33.5 Å². The van der Waals surface area contributed by atoms with Crippen LogP contribution in [-0.4, -0.2) is 41.8 Å². The highest BCUT2D eigenvalue weighted by molar-refractivity contribution is 9.10. The van der Waals surface area contributed by atoms with E-state index in [1.165, 1.54) is 7.11 Å². The minimum atomic E-state index is -0.389. The molecule has 0 spiro atoms. The van der Waals surface area contributed by atoms with Crippen molar-refractivity contribution in [1.82, 2.24) is 10.1 Å². The maximum atomic E-state index is 12.5. The summed E-state index contributed by atoms with van der Waals surface area (Å²) in [5.74, 6) is 1.14. The van der Waals surface area contributed by atoms with Gasteiger partial charge in [-0.3, -0.25) is 9.59 Å². The summed E-state index contributed by atoms with van der Waals surface area (Å²) in [6.07, 6.45) is 0.993. The largest absolute Gasteiger partial charge is 0.490 e. The molecule has 0 saturated carbocycles. The number of amides is 1. The highest BCUT2D eigenvalue weighted by Gasteiger charge is 2.26. The zero-order valence-corrected chi connectivity index (χ0v) is 20.2. The third kappa shape index (κ3) is 5.08. The Bertz CT molecular complexity index is 1190. The van der Waals surface area contributed by atoms with Gasteiger partial charge >= 0.3 is 5.97 Å². The number of aromatic nitrogens is 2. The molecule has 0 radical (unpaired) electrons. The summed E-state index contributed by atoms with van der Waals surface area (Å²) in [5.41, 5.74) is 3.47. The van der Waals surface area contributed by atoms with Crippen LogP contribution in [0.5, 0.6) is 5.75 Å². The summed E-state index contributed by atoms with van der Waals surface area (Å²) in [6.45, 7) is 4.52. The van der Waals surface area contributed by atoms with E-state index in [1.807, 2.05) is 50.2 Å². The van der Waals surface area contributed by atoms with Crippen LogP contribution in [-0.2, 0) is 20.7 Å². The molecule has 2 heterocycles. The molecule has 3 aromatic rings. The lowest BCUT2D eigenvalue weighted by atomic mass is 10.1. The highest BCUT2D eigenvalue weighted by Crippen LogP contribution is 2.34. The molecule has 0 saturated heterocycles. The molecular weight excluding hydrogens is 490 g/mol. The van der Waals surface area contributed by atoms with E-state index >= 15 is 0 Å². The predicted octanol–water partition coefficient (Wildman–Crippen LogP) is 4.80. The van der Waals surface area contributed by atoms with Crippen LogP contribution in [0.3, 0.4) is 0 Å². The molecule has 0 atom stereocenters. The lowest BCUT2D eigenvalue weighted by Gasteiger charge is -2.17. The van der Waals surface area contributed by atoms with Gasteiger partial charge in [-0.15, -0.1) is 0 Å². The molecule has 0 N–H and O–H groups in total. The Balaban J connectivity index is 1.50. The third-order valence-electron chi connectivity index (χ3n) is 5.27. The first-order valence-electron chi connectivity index (χ1n) is 10.7. The maximum absolute atomic E-state index is 12.5. The number of carbonyl (C=O) groups excluding carboxylic acids is 2. The zero-order valence-electron chi connectivity index (χ0n) is 18.6. The van der Waals surface area contributed by atoms with E-state index in [1.54, 1.807) is 4.90 Å². The number of nitrogens with zero attached hydrogens (tertiary/aromatic N) is 3. The number of hydrogen-bond acceptors (Lipinski definition) is 7. The van der Waals surface area contributed by atoms with Crippen molar-refractivity contribution in [1.29, 1.82) is 0 Å². The average Bonchev–Trinajstić information content (AvgIpc) is 3.45. The quantitative estimate of drug-likeness (QED) is 0.418. The van der Waals surface area contributed by atoms with Crippen LogP contribution in [0.2, 0.25) is 0 Å². The fraction of sp³-hybridized carbons (Fsp3) is 0.333. The number of esters is 1. The van der Waals surface area contributed by atoms with Crippen LogP contribution in [0, 0.1) is 0 Å². The van der Waals surface area contributed by atoms with Crippen molar-refractivity contribution < 1.29 is 23.6 Å². The smallest absolute Gasteiger partial charge is 0.306 e. The molecule has 1 amide bonds. The predicted molar refractivity (Wildman–Crippen MR) is 126 cm³/mol. The van der Waals surface area contributed by atoms with Gasteiger partial charge in [0.15, 0.2) is 0 Å². The highest BCUT2D eigenvalue weighted by atomic mass is 79.9. The molecule has 0 bridgehead atoms. The zero-order chi connectivity index (χ0) is 23.5. The molecule has 8 nitrogen and oxygen atoms in total. The number of anilines is 1. The van der Waals surface area contributed by atoms with Crippen molar-refractivity contribution in [2.75, 3.05) is 18.6 Å². The molecule has 1 aromatic heterocycles. The number of methoxy groups -OCH3 is 1. The van der Waals surface area contributed by atoms with Gasteiger partial charge in [0.1, 0.15) is 5.75 Å². The molecule has 9 heteroatoms. The van der Waals surface area contributed by atoms with E-state index in [-0.39, 0.29) is 30.8 Å². The Hall–Kier alpha value is -3.20. The van der Waals surface area contributed by atoms with Crippen LogP contribution in [0.15, 0.2) is 45.4 Å². The molecule has 4 rings (SSSR count). The van der Waals surface area contributed by atoms with Gasteiger partial charge in [-0.05, 0) is 78.2 Å². The molecule has 1 aliphatic rings. The number of carbonyl (C=O) groups is 2. The van der Waals surface area contributed by atoms with Gasteiger partial charge in [-0.2, -0.15) is 4.98 Å². The molecule has 2 aromatic carbocycles. The number of ether oxygens (including phenoxy) is 2. The van der Waals surface area contributed by atoms with E-state index in [0.717, 1.165) is 39.0 Å². The summed E-state index contributed by atoms with van der Waals surface area (Å²) in [4.78, 5) is 30.1. The lowest BCUT2D eigenvalue weighted by molar-refractivity contribution is -0.141. The van der Waals surface area contributed by atoms with E-state index < -0.39 is 0 Å². The van der Waals surface area contributed by atoms with Crippen molar-refractivity contribution in [2.24, 2.45) is 0 Å². The molecule has 172 valence electrons. The van der Waals surface area contributed by atoms with Crippen molar-refractivity contribution in [2.45, 2.75) is 39.2 Å². The van der Waals surface area contributed by atoms with Crippen molar-refractivity contribution in [3.63, 3.8) is 0 Å². The summed E-state index contributed by atoms with van der Waals surface area (Å²) >= 11 is 3.53. The van der Waals surface area contributed by atoms with Gasteiger partial charge in [0.2, 0.25) is 11.7 Å². The Labute approximate surface area is 200 Å². The molecule has 33 heavy (non-hydrogen) atoms. The summed E-state index contributed by atoms with van der Waals surface area (Å²) in [6, 6.07) is 11.4. The standard InChI is InChI=1S/C24H24BrN3O5/c1-14(2)32-20-7-5-17(13-18(20)25)24-26-23(27-33-24)16-4-6-19-15(12-16)10-11-28(19)21(29)8-9-22(30)31-3/h4-7,12-14H,8-11H2,1-3H3. The van der Waals surface area contributed by atoms with Gasteiger partial charge < -0.3 is 18.9 Å². The van der Waals surface area contributed by atoms with Gasteiger partial charge in [0.25, 0.3) is 5.89 Å². The number of rotatable bonds is 7.